The second-order valence-electron chi connectivity index (χ2n) is 8.27. The highest BCUT2D eigenvalue weighted by Crippen LogP contribution is 2.33. The highest BCUT2D eigenvalue weighted by atomic mass is 16.5. The van der Waals surface area contributed by atoms with Crippen LogP contribution in [0, 0.1) is 12.8 Å². The minimum atomic E-state index is -0.0839. The van der Waals surface area contributed by atoms with Crippen LogP contribution in [0.4, 0.5) is 0 Å². The molecule has 0 bridgehead atoms. The summed E-state index contributed by atoms with van der Waals surface area (Å²) in [6.45, 7) is 10.5. The number of nitrogens with zero attached hydrogens (tertiary/aromatic N) is 3. The number of hydrogen-bond acceptors (Lipinski definition) is 4. The van der Waals surface area contributed by atoms with Crippen LogP contribution in [0.15, 0.2) is 54.6 Å². The molecule has 0 radical (unpaired) electrons. The van der Waals surface area contributed by atoms with E-state index in [0.29, 0.717) is 18.2 Å². The molecule has 0 aliphatic carbocycles. The van der Waals surface area contributed by atoms with E-state index in [1.54, 1.807) is 7.11 Å². The molecule has 0 aliphatic heterocycles. The van der Waals surface area contributed by atoms with E-state index in [4.69, 9.17) is 14.6 Å². The van der Waals surface area contributed by atoms with Crippen molar-refractivity contribution in [3.05, 3.63) is 65.9 Å². The predicted molar refractivity (Wildman–Crippen MR) is 127 cm³/mol. The largest absolute Gasteiger partial charge is 0.497 e. The lowest BCUT2D eigenvalue weighted by atomic mass is 10.1. The Hall–Kier alpha value is -3.28. The van der Waals surface area contributed by atoms with Gasteiger partial charge in [0, 0.05) is 12.0 Å². The number of ether oxygens (including phenoxy) is 2. The first kappa shape index (κ1) is 23.4. The molecule has 6 nitrogen and oxygen atoms in total. The second-order valence-corrected chi connectivity index (χ2v) is 8.27. The van der Waals surface area contributed by atoms with Gasteiger partial charge in [-0.3, -0.25) is 4.79 Å². The summed E-state index contributed by atoms with van der Waals surface area (Å²) in [4.78, 5) is 15.0. The number of amides is 1. The molecule has 32 heavy (non-hydrogen) atoms. The van der Waals surface area contributed by atoms with Gasteiger partial charge < -0.3 is 14.4 Å². The Balaban J connectivity index is 2.07. The average Bonchev–Trinajstić information content (AvgIpc) is 3.12. The van der Waals surface area contributed by atoms with Gasteiger partial charge in [-0.25, -0.2) is 4.68 Å². The second kappa shape index (κ2) is 10.4. The third kappa shape index (κ3) is 5.13. The smallest absolute Gasteiger partial charge is 0.227 e. The van der Waals surface area contributed by atoms with Crippen molar-refractivity contribution in [2.75, 3.05) is 7.11 Å². The summed E-state index contributed by atoms with van der Waals surface area (Å²) in [5.74, 6) is 2.09. The first-order valence-corrected chi connectivity index (χ1v) is 11.1. The van der Waals surface area contributed by atoms with E-state index in [-0.39, 0.29) is 17.9 Å². The van der Waals surface area contributed by atoms with Gasteiger partial charge in [-0.2, -0.15) is 5.10 Å². The Labute approximate surface area is 190 Å². The lowest BCUT2D eigenvalue weighted by Gasteiger charge is -2.30. The van der Waals surface area contributed by atoms with E-state index in [1.807, 2.05) is 85.0 Å². The maximum Gasteiger partial charge on any atom is 0.227 e. The number of aromatic nitrogens is 2. The minimum absolute atomic E-state index is 0.0839. The molecule has 6 heteroatoms. The molecule has 0 unspecified atom stereocenters. The van der Waals surface area contributed by atoms with E-state index in [0.717, 1.165) is 29.1 Å². The monoisotopic (exact) mass is 435 g/mol. The zero-order valence-electron chi connectivity index (χ0n) is 19.8. The molecule has 1 atom stereocenters. The molecule has 2 aromatic carbocycles. The van der Waals surface area contributed by atoms with E-state index >= 15 is 0 Å². The summed E-state index contributed by atoms with van der Waals surface area (Å²) in [6, 6.07) is 17.4. The van der Waals surface area contributed by atoms with Crippen LogP contribution in [0.25, 0.3) is 5.69 Å². The van der Waals surface area contributed by atoms with Crippen molar-refractivity contribution >= 4 is 5.91 Å². The summed E-state index contributed by atoms with van der Waals surface area (Å²) in [5, 5.41) is 4.78. The Kier molecular flexibility index (Phi) is 7.57. The van der Waals surface area contributed by atoms with Crippen LogP contribution in [0.3, 0.4) is 0 Å². The van der Waals surface area contributed by atoms with Crippen molar-refractivity contribution in [1.82, 2.24) is 14.7 Å². The molecule has 1 heterocycles. The van der Waals surface area contributed by atoms with Crippen LogP contribution in [0.2, 0.25) is 0 Å². The van der Waals surface area contributed by atoms with Crippen LogP contribution in [-0.2, 0) is 11.3 Å². The van der Waals surface area contributed by atoms with Crippen LogP contribution in [-0.4, -0.2) is 33.7 Å². The van der Waals surface area contributed by atoms with Gasteiger partial charge in [0.1, 0.15) is 11.5 Å². The molecule has 0 spiro atoms. The lowest BCUT2D eigenvalue weighted by Crippen LogP contribution is -2.40. The van der Waals surface area contributed by atoms with Crippen LogP contribution < -0.4 is 9.47 Å². The number of carbonyl (C=O) groups excluding carboxylic acids is 1. The Bertz CT molecular complexity index is 1030. The number of hydrogen-bond donors (Lipinski definition) is 0. The molecule has 170 valence electrons. The third-order valence-corrected chi connectivity index (χ3v) is 5.64. The number of rotatable bonds is 9. The van der Waals surface area contributed by atoms with E-state index < -0.39 is 0 Å². The van der Waals surface area contributed by atoms with E-state index in [9.17, 15) is 4.79 Å². The predicted octanol–water partition coefficient (Wildman–Crippen LogP) is 5.76. The van der Waals surface area contributed by atoms with Gasteiger partial charge in [-0.15, -0.1) is 0 Å². The fourth-order valence-electron chi connectivity index (χ4n) is 3.50. The lowest BCUT2D eigenvalue weighted by molar-refractivity contribution is -0.137. The quantitative estimate of drug-likeness (QED) is 0.428. The minimum Gasteiger partial charge on any atom is -0.497 e. The molecule has 0 saturated heterocycles. The van der Waals surface area contributed by atoms with Gasteiger partial charge in [0.2, 0.25) is 11.8 Å². The van der Waals surface area contributed by atoms with E-state index in [2.05, 4.69) is 13.8 Å². The fourth-order valence-corrected chi connectivity index (χ4v) is 3.50. The molecule has 0 aliphatic rings. The molecule has 3 rings (SSSR count). The Morgan fingerprint density at radius 1 is 1.03 bits per heavy atom. The topological polar surface area (TPSA) is 56.6 Å². The first-order valence-electron chi connectivity index (χ1n) is 11.1. The van der Waals surface area contributed by atoms with Crippen molar-refractivity contribution in [3.8, 4) is 23.1 Å². The third-order valence-electron chi connectivity index (χ3n) is 5.64. The number of aryl methyl sites for hydroxylation is 1. The highest BCUT2D eigenvalue weighted by Gasteiger charge is 2.27. The SMILES string of the molecule is CC[C@@H](C)N(Cc1c(C)nn(-c2ccccc2)c1Oc1ccc(OC)cc1)C(=O)C(C)C. The molecular weight excluding hydrogens is 402 g/mol. The summed E-state index contributed by atoms with van der Waals surface area (Å²) >= 11 is 0. The van der Waals surface area contributed by atoms with Crippen molar-refractivity contribution in [2.24, 2.45) is 5.92 Å². The van der Waals surface area contributed by atoms with Gasteiger partial charge in [0.05, 0.1) is 30.6 Å². The molecule has 1 amide bonds. The van der Waals surface area contributed by atoms with Crippen molar-refractivity contribution in [3.63, 3.8) is 0 Å². The zero-order chi connectivity index (χ0) is 23.3. The summed E-state index contributed by atoms with van der Waals surface area (Å²) in [6.07, 6.45) is 0.874. The first-order chi connectivity index (χ1) is 15.3. The molecule has 0 N–H and O–H groups in total. The van der Waals surface area contributed by atoms with Crippen molar-refractivity contribution in [1.29, 1.82) is 0 Å². The maximum atomic E-state index is 13.0. The number of para-hydroxylation sites is 1. The van der Waals surface area contributed by atoms with Gasteiger partial charge >= 0.3 is 0 Å². The van der Waals surface area contributed by atoms with Crippen molar-refractivity contribution < 1.29 is 14.3 Å². The van der Waals surface area contributed by atoms with Gasteiger partial charge in [-0.1, -0.05) is 39.0 Å². The molecular formula is C26H33N3O3. The highest BCUT2D eigenvalue weighted by molar-refractivity contribution is 5.78. The molecule has 1 aromatic heterocycles. The van der Waals surface area contributed by atoms with Crippen LogP contribution in [0.5, 0.6) is 17.4 Å². The van der Waals surface area contributed by atoms with Gasteiger partial charge in [0.15, 0.2) is 0 Å². The summed E-state index contributed by atoms with van der Waals surface area (Å²) in [5.41, 5.74) is 2.64. The number of carbonyl (C=O) groups is 1. The number of benzene rings is 2. The fraction of sp³-hybridized carbons (Fsp3) is 0.385. The molecule has 0 fully saturated rings. The number of methoxy groups -OCH3 is 1. The van der Waals surface area contributed by atoms with E-state index in [1.165, 1.54) is 0 Å². The maximum absolute atomic E-state index is 13.0. The zero-order valence-corrected chi connectivity index (χ0v) is 19.8. The van der Waals surface area contributed by atoms with Crippen LogP contribution >= 0.6 is 0 Å². The summed E-state index contributed by atoms with van der Waals surface area (Å²) < 4.78 is 13.4. The Morgan fingerprint density at radius 3 is 2.22 bits per heavy atom. The van der Waals surface area contributed by atoms with Crippen molar-refractivity contribution in [2.45, 2.75) is 53.6 Å². The molecule has 3 aromatic rings. The molecule has 0 saturated carbocycles. The standard InChI is InChI=1S/C26H33N3O3/c1-7-19(4)28(25(30)18(2)3)17-24-20(5)27-29(21-11-9-8-10-12-21)26(24)32-23-15-13-22(31-6)14-16-23/h8-16,18-19H,7,17H2,1-6H3/t19-/m1/s1. The van der Waals surface area contributed by atoms with Gasteiger partial charge in [0.25, 0.3) is 0 Å². The Morgan fingerprint density at radius 2 is 1.66 bits per heavy atom. The summed E-state index contributed by atoms with van der Waals surface area (Å²) in [7, 11) is 1.64. The average molecular weight is 436 g/mol. The van der Waals surface area contributed by atoms with Crippen LogP contribution in [0.1, 0.15) is 45.4 Å². The van der Waals surface area contributed by atoms with Gasteiger partial charge in [-0.05, 0) is 56.7 Å². The normalized spacial score (nSPS) is 12.0.